The van der Waals surface area contributed by atoms with Gasteiger partial charge in [-0.2, -0.15) is 0 Å². The Labute approximate surface area is 106 Å². The number of carbonyl (C=O) groups excluding carboxylic acids is 1. The largest absolute Gasteiger partial charge is 0.481 e. The summed E-state index contributed by atoms with van der Waals surface area (Å²) in [6.07, 6.45) is 2.98. The number of carbonyl (C=O) groups is 2. The maximum Gasteiger partial charge on any atom is 0.317 e. The van der Waals surface area contributed by atoms with Crippen molar-refractivity contribution in [1.82, 2.24) is 10.2 Å². The summed E-state index contributed by atoms with van der Waals surface area (Å²) in [6.45, 7) is 2.62. The normalized spacial score (nSPS) is 28.2. The molecule has 0 aromatic rings. The fraction of sp³-hybridized carbons (Fsp3) is 0.833. The molecule has 2 N–H and O–H groups in total. The molecule has 2 aliphatic heterocycles. The predicted molar refractivity (Wildman–Crippen MR) is 64.3 cm³/mol. The van der Waals surface area contributed by atoms with Gasteiger partial charge in [0.15, 0.2) is 0 Å². The summed E-state index contributed by atoms with van der Waals surface area (Å²) in [5.74, 6) is -0.558. The number of hydrogen-bond acceptors (Lipinski definition) is 3. The van der Waals surface area contributed by atoms with Gasteiger partial charge in [0.05, 0.1) is 6.10 Å². The van der Waals surface area contributed by atoms with Gasteiger partial charge in [-0.05, 0) is 25.2 Å². The SMILES string of the molecule is O=C(O)CCC1CNC(=O)N(CC2CCCO2)C1. The second kappa shape index (κ2) is 6.04. The highest BCUT2D eigenvalue weighted by Crippen LogP contribution is 2.17. The van der Waals surface area contributed by atoms with Gasteiger partial charge in [-0.25, -0.2) is 4.79 Å². The van der Waals surface area contributed by atoms with Gasteiger partial charge in [0.25, 0.3) is 0 Å². The maximum atomic E-state index is 11.7. The third-order valence-electron chi connectivity index (χ3n) is 3.52. The first-order chi connectivity index (χ1) is 8.65. The Balaban J connectivity index is 1.80. The molecule has 2 rings (SSSR count). The van der Waals surface area contributed by atoms with Crippen molar-refractivity contribution in [3.05, 3.63) is 0 Å². The topological polar surface area (TPSA) is 78.9 Å². The van der Waals surface area contributed by atoms with E-state index in [1.807, 2.05) is 0 Å². The van der Waals surface area contributed by atoms with Crippen LogP contribution in [0.2, 0.25) is 0 Å². The summed E-state index contributed by atoms with van der Waals surface area (Å²) in [7, 11) is 0. The molecule has 0 spiro atoms. The molecule has 2 heterocycles. The number of carboxylic acid groups (broad SMARTS) is 1. The minimum Gasteiger partial charge on any atom is -0.481 e. The third-order valence-corrected chi connectivity index (χ3v) is 3.52. The first-order valence-corrected chi connectivity index (χ1v) is 6.51. The molecule has 0 saturated carbocycles. The summed E-state index contributed by atoms with van der Waals surface area (Å²) in [5, 5.41) is 11.5. The van der Waals surface area contributed by atoms with Crippen LogP contribution in [0.4, 0.5) is 4.79 Å². The van der Waals surface area contributed by atoms with Crippen LogP contribution in [0.25, 0.3) is 0 Å². The Bertz CT molecular complexity index is 315. The van der Waals surface area contributed by atoms with E-state index < -0.39 is 5.97 Å². The van der Waals surface area contributed by atoms with E-state index in [4.69, 9.17) is 9.84 Å². The van der Waals surface area contributed by atoms with Crippen LogP contribution in [0.15, 0.2) is 0 Å². The van der Waals surface area contributed by atoms with E-state index in [-0.39, 0.29) is 24.5 Å². The molecule has 102 valence electrons. The molecule has 18 heavy (non-hydrogen) atoms. The van der Waals surface area contributed by atoms with E-state index in [1.165, 1.54) is 0 Å². The number of nitrogens with one attached hydrogen (secondary N) is 1. The highest BCUT2D eigenvalue weighted by molar-refractivity contribution is 5.75. The van der Waals surface area contributed by atoms with Crippen molar-refractivity contribution >= 4 is 12.0 Å². The lowest BCUT2D eigenvalue weighted by molar-refractivity contribution is -0.137. The molecule has 0 aromatic carbocycles. The maximum absolute atomic E-state index is 11.7. The average Bonchev–Trinajstić information content (AvgIpc) is 2.83. The van der Waals surface area contributed by atoms with Gasteiger partial charge in [-0.15, -0.1) is 0 Å². The van der Waals surface area contributed by atoms with Crippen molar-refractivity contribution in [3.63, 3.8) is 0 Å². The van der Waals surface area contributed by atoms with E-state index in [0.29, 0.717) is 26.1 Å². The van der Waals surface area contributed by atoms with Crippen molar-refractivity contribution in [3.8, 4) is 0 Å². The summed E-state index contributed by atoms with van der Waals surface area (Å²) in [5.41, 5.74) is 0. The zero-order chi connectivity index (χ0) is 13.0. The van der Waals surface area contributed by atoms with Crippen molar-refractivity contribution in [1.29, 1.82) is 0 Å². The van der Waals surface area contributed by atoms with E-state index in [2.05, 4.69) is 5.32 Å². The lowest BCUT2D eigenvalue weighted by atomic mass is 10.0. The van der Waals surface area contributed by atoms with E-state index in [1.54, 1.807) is 4.90 Å². The van der Waals surface area contributed by atoms with Crippen LogP contribution >= 0.6 is 0 Å². The van der Waals surface area contributed by atoms with Crippen molar-refractivity contribution in [2.45, 2.75) is 31.8 Å². The first kappa shape index (κ1) is 13.1. The zero-order valence-corrected chi connectivity index (χ0v) is 10.4. The van der Waals surface area contributed by atoms with E-state index >= 15 is 0 Å². The number of aliphatic carboxylic acids is 1. The van der Waals surface area contributed by atoms with Crippen molar-refractivity contribution in [2.24, 2.45) is 5.92 Å². The number of nitrogens with zero attached hydrogens (tertiary/aromatic N) is 1. The highest BCUT2D eigenvalue weighted by atomic mass is 16.5. The lowest BCUT2D eigenvalue weighted by Gasteiger charge is -2.34. The van der Waals surface area contributed by atoms with Gasteiger partial charge in [0.1, 0.15) is 0 Å². The molecule has 6 heteroatoms. The smallest absolute Gasteiger partial charge is 0.317 e. The van der Waals surface area contributed by atoms with Crippen LogP contribution in [0, 0.1) is 5.92 Å². The Morgan fingerprint density at radius 3 is 3.06 bits per heavy atom. The quantitative estimate of drug-likeness (QED) is 0.758. The molecule has 6 nitrogen and oxygen atoms in total. The fourth-order valence-electron chi connectivity index (χ4n) is 2.52. The van der Waals surface area contributed by atoms with Gasteiger partial charge in [-0.1, -0.05) is 0 Å². The summed E-state index contributed by atoms with van der Waals surface area (Å²) in [6, 6.07) is -0.0583. The minimum absolute atomic E-state index is 0.0583. The Kier molecular flexibility index (Phi) is 4.41. The van der Waals surface area contributed by atoms with Gasteiger partial charge in [0, 0.05) is 32.7 Å². The Morgan fingerprint density at radius 2 is 2.39 bits per heavy atom. The van der Waals surface area contributed by atoms with E-state index in [9.17, 15) is 9.59 Å². The Hall–Kier alpha value is -1.30. The fourth-order valence-corrected chi connectivity index (χ4v) is 2.52. The molecule has 0 radical (unpaired) electrons. The number of amides is 2. The molecular weight excluding hydrogens is 236 g/mol. The van der Waals surface area contributed by atoms with Crippen LogP contribution in [-0.4, -0.2) is 54.4 Å². The molecule has 2 aliphatic rings. The summed E-state index contributed by atoms with van der Waals surface area (Å²) >= 11 is 0. The summed E-state index contributed by atoms with van der Waals surface area (Å²) in [4.78, 5) is 24.0. The number of ether oxygens (including phenoxy) is 1. The van der Waals surface area contributed by atoms with Crippen LogP contribution in [0.1, 0.15) is 25.7 Å². The molecule has 2 saturated heterocycles. The number of urea groups is 1. The van der Waals surface area contributed by atoms with Crippen molar-refractivity contribution in [2.75, 3.05) is 26.2 Å². The van der Waals surface area contributed by atoms with Gasteiger partial charge in [0.2, 0.25) is 0 Å². The summed E-state index contributed by atoms with van der Waals surface area (Å²) < 4.78 is 5.52. The van der Waals surface area contributed by atoms with Crippen molar-refractivity contribution < 1.29 is 19.4 Å². The molecule has 0 bridgehead atoms. The standard InChI is InChI=1S/C12H20N2O4/c15-11(16)4-3-9-6-13-12(17)14(7-9)8-10-2-1-5-18-10/h9-10H,1-8H2,(H,13,17)(H,15,16). The van der Waals surface area contributed by atoms with Crippen LogP contribution in [0.5, 0.6) is 0 Å². The number of hydrogen-bond donors (Lipinski definition) is 2. The molecule has 0 aliphatic carbocycles. The van der Waals surface area contributed by atoms with Gasteiger partial charge < -0.3 is 20.1 Å². The second-order valence-corrected chi connectivity index (χ2v) is 5.02. The molecule has 0 aromatic heterocycles. The highest BCUT2D eigenvalue weighted by Gasteiger charge is 2.28. The molecule has 2 amide bonds. The van der Waals surface area contributed by atoms with Crippen LogP contribution < -0.4 is 5.32 Å². The van der Waals surface area contributed by atoms with Crippen LogP contribution in [-0.2, 0) is 9.53 Å². The zero-order valence-electron chi connectivity index (χ0n) is 10.4. The third kappa shape index (κ3) is 3.60. The molecule has 2 fully saturated rings. The van der Waals surface area contributed by atoms with Gasteiger partial charge >= 0.3 is 12.0 Å². The Morgan fingerprint density at radius 1 is 1.56 bits per heavy atom. The monoisotopic (exact) mass is 256 g/mol. The van der Waals surface area contributed by atoms with E-state index in [0.717, 1.165) is 19.4 Å². The average molecular weight is 256 g/mol. The first-order valence-electron chi connectivity index (χ1n) is 6.51. The number of carboxylic acids is 1. The molecular formula is C12H20N2O4. The minimum atomic E-state index is -0.780. The predicted octanol–water partition coefficient (Wildman–Crippen LogP) is 0.672. The second-order valence-electron chi connectivity index (χ2n) is 5.02. The lowest BCUT2D eigenvalue weighted by Crippen LogP contribution is -2.53. The number of rotatable bonds is 5. The van der Waals surface area contributed by atoms with Crippen LogP contribution in [0.3, 0.4) is 0 Å². The molecule has 2 unspecified atom stereocenters. The van der Waals surface area contributed by atoms with Gasteiger partial charge in [-0.3, -0.25) is 4.79 Å². The molecule has 2 atom stereocenters.